The molecule has 0 bridgehead atoms. The maximum absolute atomic E-state index is 12.4. The van der Waals surface area contributed by atoms with Crippen molar-refractivity contribution in [3.05, 3.63) is 45.7 Å². The van der Waals surface area contributed by atoms with Crippen LogP contribution in [-0.2, 0) is 6.18 Å². The zero-order valence-electron chi connectivity index (χ0n) is 8.09. The monoisotopic (exact) mass is 323 g/mol. The molecule has 0 aliphatic rings. The normalized spacial score (nSPS) is 11.8. The summed E-state index contributed by atoms with van der Waals surface area (Å²) in [6.07, 6.45) is -4.55. The Morgan fingerprint density at radius 1 is 1.24 bits per heavy atom. The highest BCUT2D eigenvalue weighted by molar-refractivity contribution is 9.10. The summed E-state index contributed by atoms with van der Waals surface area (Å²) in [6, 6.07) is 8.53. The van der Waals surface area contributed by atoms with Gasteiger partial charge in [0.25, 0.3) is 0 Å². The average molecular weight is 325 g/mol. The van der Waals surface area contributed by atoms with E-state index in [0.29, 0.717) is 5.69 Å². The minimum atomic E-state index is -4.55. The molecule has 0 amide bonds. The topological polar surface area (TPSA) is 17.8 Å². The van der Waals surface area contributed by atoms with E-state index in [1.807, 2.05) is 6.07 Å². The largest absolute Gasteiger partial charge is 0.435 e. The number of rotatable bonds is 1. The van der Waals surface area contributed by atoms with Gasteiger partial charge in [-0.2, -0.15) is 18.3 Å². The summed E-state index contributed by atoms with van der Waals surface area (Å²) in [5.41, 5.74) is -0.699. The molecule has 0 saturated heterocycles. The van der Waals surface area contributed by atoms with E-state index in [1.54, 1.807) is 24.3 Å². The lowest BCUT2D eigenvalue weighted by Gasteiger charge is -2.03. The van der Waals surface area contributed by atoms with E-state index in [2.05, 4.69) is 21.0 Å². The molecule has 1 radical (unpaired) electrons. The van der Waals surface area contributed by atoms with Crippen LogP contribution in [0.15, 0.2) is 28.7 Å². The van der Waals surface area contributed by atoms with Crippen LogP contribution in [0.5, 0.6) is 0 Å². The van der Waals surface area contributed by atoms with Crippen molar-refractivity contribution in [1.29, 1.82) is 0 Å². The molecule has 0 saturated carbocycles. The van der Waals surface area contributed by atoms with Crippen LogP contribution in [0.2, 0.25) is 5.15 Å². The third-order valence-corrected chi connectivity index (χ3v) is 2.73. The van der Waals surface area contributed by atoms with Gasteiger partial charge in [0.15, 0.2) is 5.69 Å². The van der Waals surface area contributed by atoms with Crippen molar-refractivity contribution in [1.82, 2.24) is 9.78 Å². The van der Waals surface area contributed by atoms with Crippen molar-refractivity contribution in [2.45, 2.75) is 6.18 Å². The molecule has 0 unspecified atom stereocenters. The average Bonchev–Trinajstić information content (AvgIpc) is 2.61. The third kappa shape index (κ3) is 2.63. The minimum Gasteiger partial charge on any atom is -0.221 e. The molecular weight excluding hydrogens is 320 g/mol. The van der Waals surface area contributed by atoms with Gasteiger partial charge in [0, 0.05) is 4.47 Å². The fourth-order valence-corrected chi connectivity index (χ4v) is 1.69. The van der Waals surface area contributed by atoms with Crippen LogP contribution >= 0.6 is 27.5 Å². The van der Waals surface area contributed by atoms with Gasteiger partial charge in [0.2, 0.25) is 0 Å². The maximum atomic E-state index is 12.4. The summed E-state index contributed by atoms with van der Waals surface area (Å²) < 4.78 is 39.0. The predicted octanol–water partition coefficient (Wildman–Crippen LogP) is 4.11. The molecule has 1 heterocycles. The molecule has 0 aliphatic carbocycles. The first-order valence-corrected chi connectivity index (χ1v) is 5.56. The van der Waals surface area contributed by atoms with Gasteiger partial charge in [-0.25, -0.2) is 4.68 Å². The highest BCUT2D eigenvalue weighted by Crippen LogP contribution is 2.30. The lowest BCUT2D eigenvalue weighted by molar-refractivity contribution is -0.141. The Balaban J connectivity index is 2.46. The fourth-order valence-electron chi connectivity index (χ4n) is 1.20. The molecule has 0 N–H and O–H groups in total. The Hall–Kier alpha value is -1.01. The number of hydrogen-bond donors (Lipinski definition) is 0. The van der Waals surface area contributed by atoms with Crippen LogP contribution in [0.1, 0.15) is 5.69 Å². The van der Waals surface area contributed by atoms with Crippen LogP contribution in [-0.4, -0.2) is 9.78 Å². The molecule has 0 aliphatic heterocycles. The summed E-state index contributed by atoms with van der Waals surface area (Å²) in [4.78, 5) is 0. The minimum absolute atomic E-state index is 0.209. The zero-order valence-corrected chi connectivity index (χ0v) is 10.4. The Labute approximate surface area is 108 Å². The van der Waals surface area contributed by atoms with E-state index >= 15 is 0 Å². The highest BCUT2D eigenvalue weighted by atomic mass is 79.9. The van der Waals surface area contributed by atoms with E-state index in [1.165, 1.54) is 0 Å². The lowest BCUT2D eigenvalue weighted by atomic mass is 10.3. The fraction of sp³-hybridized carbons (Fsp3) is 0.100. The number of halogens is 5. The van der Waals surface area contributed by atoms with Gasteiger partial charge >= 0.3 is 6.18 Å². The van der Waals surface area contributed by atoms with E-state index in [-0.39, 0.29) is 5.15 Å². The molecule has 1 aromatic carbocycles. The first-order chi connectivity index (χ1) is 7.88. The van der Waals surface area contributed by atoms with Crippen molar-refractivity contribution < 1.29 is 13.2 Å². The van der Waals surface area contributed by atoms with Crippen molar-refractivity contribution in [2.75, 3.05) is 0 Å². The molecule has 2 aromatic rings. The van der Waals surface area contributed by atoms with Crippen molar-refractivity contribution in [2.24, 2.45) is 0 Å². The van der Waals surface area contributed by atoms with E-state index < -0.39 is 11.9 Å². The molecule has 89 valence electrons. The molecule has 2 nitrogen and oxygen atoms in total. The van der Waals surface area contributed by atoms with E-state index in [4.69, 9.17) is 11.6 Å². The summed E-state index contributed by atoms with van der Waals surface area (Å²) >= 11 is 8.88. The van der Waals surface area contributed by atoms with Crippen LogP contribution in [0.4, 0.5) is 13.2 Å². The second kappa shape index (κ2) is 4.34. The number of nitrogens with zero attached hydrogens (tertiary/aromatic N) is 2. The zero-order chi connectivity index (χ0) is 12.6. The van der Waals surface area contributed by atoms with Gasteiger partial charge < -0.3 is 0 Å². The quantitative estimate of drug-likeness (QED) is 0.772. The van der Waals surface area contributed by atoms with Gasteiger partial charge in [-0.05, 0) is 24.3 Å². The van der Waals surface area contributed by atoms with Crippen LogP contribution in [0, 0.1) is 6.07 Å². The Morgan fingerprint density at radius 2 is 1.82 bits per heavy atom. The Kier molecular flexibility index (Phi) is 3.18. The molecule has 1 aromatic heterocycles. The lowest BCUT2D eigenvalue weighted by Crippen LogP contribution is -2.07. The van der Waals surface area contributed by atoms with Gasteiger partial charge in [-0.1, -0.05) is 27.5 Å². The number of alkyl halides is 3. The predicted molar refractivity (Wildman–Crippen MR) is 60.1 cm³/mol. The smallest absolute Gasteiger partial charge is 0.221 e. The van der Waals surface area contributed by atoms with Crippen molar-refractivity contribution in [3.63, 3.8) is 0 Å². The second-order valence-corrected chi connectivity index (χ2v) is 4.42. The van der Waals surface area contributed by atoms with Gasteiger partial charge in [0.1, 0.15) is 5.15 Å². The Bertz CT molecular complexity index is 533. The number of aromatic nitrogens is 2. The van der Waals surface area contributed by atoms with Crippen LogP contribution in [0.3, 0.4) is 0 Å². The summed E-state index contributed by atoms with van der Waals surface area (Å²) in [7, 11) is 0. The first kappa shape index (κ1) is 12.4. The van der Waals surface area contributed by atoms with Crippen LogP contribution in [0.25, 0.3) is 5.69 Å². The van der Waals surface area contributed by atoms with Crippen molar-refractivity contribution in [3.8, 4) is 5.69 Å². The maximum Gasteiger partial charge on any atom is 0.435 e. The summed E-state index contributed by atoms with van der Waals surface area (Å²) in [6.45, 7) is 0. The van der Waals surface area contributed by atoms with E-state index in [0.717, 1.165) is 9.15 Å². The second-order valence-electron chi connectivity index (χ2n) is 3.15. The molecule has 0 spiro atoms. The first-order valence-electron chi connectivity index (χ1n) is 4.39. The van der Waals surface area contributed by atoms with Gasteiger partial charge in [-0.15, -0.1) is 0 Å². The molecule has 17 heavy (non-hydrogen) atoms. The van der Waals surface area contributed by atoms with Gasteiger partial charge in [-0.3, -0.25) is 0 Å². The molecule has 0 fully saturated rings. The number of hydrogen-bond acceptors (Lipinski definition) is 1. The summed E-state index contributed by atoms with van der Waals surface area (Å²) in [5, 5.41) is 3.16. The number of benzene rings is 1. The van der Waals surface area contributed by atoms with Crippen molar-refractivity contribution >= 4 is 27.5 Å². The molecule has 2 rings (SSSR count). The van der Waals surface area contributed by atoms with Crippen LogP contribution < -0.4 is 0 Å². The van der Waals surface area contributed by atoms with Gasteiger partial charge in [0.05, 0.1) is 11.8 Å². The van der Waals surface area contributed by atoms with E-state index in [9.17, 15) is 13.2 Å². The highest BCUT2D eigenvalue weighted by Gasteiger charge is 2.35. The molecular formula is C10H4BrClF3N2. The SMILES string of the molecule is FC(F)(F)c1[c]c(Cl)n(-c2ccc(Br)cc2)n1. The third-order valence-electron chi connectivity index (χ3n) is 1.95. The molecule has 0 atom stereocenters. The summed E-state index contributed by atoms with van der Waals surface area (Å²) in [5.74, 6) is 0. The standard InChI is InChI=1S/C10H4BrClF3N2/c11-6-1-3-7(4-2-6)17-9(12)5-8(16-17)10(13,14)15/h1-4H. The Morgan fingerprint density at radius 3 is 2.29 bits per heavy atom. The molecule has 7 heteroatoms.